The molecule has 1 N–H and O–H groups in total. The fraction of sp³-hybridized carbons (Fsp3) is 0. The minimum atomic E-state index is 0.908. The normalized spacial score (nSPS) is 10.5. The van der Waals surface area contributed by atoms with E-state index in [1.54, 1.807) is 11.3 Å². The molecule has 0 unspecified atom stereocenters. The van der Waals surface area contributed by atoms with Gasteiger partial charge in [0.1, 0.15) is 0 Å². The van der Waals surface area contributed by atoms with Gasteiger partial charge < -0.3 is 0 Å². The SMILES string of the molecule is C=CN=NNc1ccc(-c2cccs2)cc1. The molecule has 1 aromatic heterocycles. The third-order valence-electron chi connectivity index (χ3n) is 2.01. The van der Waals surface area contributed by atoms with E-state index in [4.69, 9.17) is 0 Å². The molecule has 0 radical (unpaired) electrons. The molecule has 0 amide bonds. The summed E-state index contributed by atoms with van der Waals surface area (Å²) in [6.07, 6.45) is 1.38. The average Bonchev–Trinajstić information content (AvgIpc) is 2.84. The third kappa shape index (κ3) is 2.55. The molecule has 2 aromatic rings. The van der Waals surface area contributed by atoms with Gasteiger partial charge in [-0.2, -0.15) is 0 Å². The van der Waals surface area contributed by atoms with E-state index in [2.05, 4.69) is 45.9 Å². The molecule has 0 aliphatic rings. The molecule has 16 heavy (non-hydrogen) atoms. The van der Waals surface area contributed by atoms with Crippen molar-refractivity contribution in [3.63, 3.8) is 0 Å². The van der Waals surface area contributed by atoms with E-state index in [1.807, 2.05) is 18.2 Å². The van der Waals surface area contributed by atoms with Crippen LogP contribution in [0, 0.1) is 0 Å². The summed E-state index contributed by atoms with van der Waals surface area (Å²) in [5.74, 6) is 0. The Hall–Kier alpha value is -1.94. The lowest BCUT2D eigenvalue weighted by Crippen LogP contribution is -1.85. The van der Waals surface area contributed by atoms with Crippen molar-refractivity contribution < 1.29 is 0 Å². The zero-order valence-electron chi connectivity index (χ0n) is 8.63. The van der Waals surface area contributed by atoms with Gasteiger partial charge in [-0.1, -0.05) is 30.0 Å². The zero-order chi connectivity index (χ0) is 11.2. The van der Waals surface area contributed by atoms with Crippen LogP contribution < -0.4 is 5.43 Å². The van der Waals surface area contributed by atoms with Crippen molar-refractivity contribution in [3.8, 4) is 10.4 Å². The minimum absolute atomic E-state index is 0.908. The van der Waals surface area contributed by atoms with Gasteiger partial charge in [-0.05, 0) is 29.1 Å². The molecule has 0 saturated heterocycles. The van der Waals surface area contributed by atoms with Crippen LogP contribution in [0.5, 0.6) is 0 Å². The van der Waals surface area contributed by atoms with Gasteiger partial charge in [-0.3, -0.25) is 5.43 Å². The molecule has 4 heteroatoms. The molecule has 0 fully saturated rings. The molecule has 0 saturated carbocycles. The second-order valence-electron chi connectivity index (χ2n) is 3.06. The second-order valence-corrected chi connectivity index (χ2v) is 4.01. The Morgan fingerprint density at radius 3 is 2.62 bits per heavy atom. The lowest BCUT2D eigenvalue weighted by Gasteiger charge is -2.00. The highest BCUT2D eigenvalue weighted by molar-refractivity contribution is 7.13. The maximum absolute atomic E-state index is 3.71. The van der Waals surface area contributed by atoms with Crippen LogP contribution in [0.15, 0.2) is 64.9 Å². The Balaban J connectivity index is 2.10. The summed E-state index contributed by atoms with van der Waals surface area (Å²) in [7, 11) is 0. The molecule has 3 nitrogen and oxygen atoms in total. The molecule has 0 aliphatic carbocycles. The molecular weight excluding hydrogens is 218 g/mol. The van der Waals surface area contributed by atoms with Gasteiger partial charge >= 0.3 is 0 Å². The van der Waals surface area contributed by atoms with E-state index in [9.17, 15) is 0 Å². The summed E-state index contributed by atoms with van der Waals surface area (Å²) in [6.45, 7) is 3.44. The molecule has 0 aliphatic heterocycles. The summed E-state index contributed by atoms with van der Waals surface area (Å²) in [4.78, 5) is 1.26. The minimum Gasteiger partial charge on any atom is -0.260 e. The van der Waals surface area contributed by atoms with E-state index in [0.29, 0.717) is 0 Å². The fourth-order valence-electron chi connectivity index (χ4n) is 1.28. The van der Waals surface area contributed by atoms with E-state index in [-0.39, 0.29) is 0 Å². The molecule has 1 heterocycles. The lowest BCUT2D eigenvalue weighted by molar-refractivity contribution is 1.13. The summed E-state index contributed by atoms with van der Waals surface area (Å²) >= 11 is 1.73. The van der Waals surface area contributed by atoms with E-state index in [0.717, 1.165) is 5.69 Å². The molecule has 0 bridgehead atoms. The quantitative estimate of drug-likeness (QED) is 0.614. The summed E-state index contributed by atoms with van der Waals surface area (Å²) in [6, 6.07) is 12.2. The highest BCUT2D eigenvalue weighted by atomic mass is 32.1. The van der Waals surface area contributed by atoms with E-state index < -0.39 is 0 Å². The van der Waals surface area contributed by atoms with Crippen LogP contribution in [0.25, 0.3) is 10.4 Å². The van der Waals surface area contributed by atoms with Crippen molar-refractivity contribution in [3.05, 3.63) is 54.6 Å². The summed E-state index contributed by atoms with van der Waals surface area (Å²) in [5, 5.41) is 9.40. The Morgan fingerprint density at radius 2 is 2.00 bits per heavy atom. The molecule has 2 rings (SSSR count). The van der Waals surface area contributed by atoms with Gasteiger partial charge in [0.2, 0.25) is 0 Å². The van der Waals surface area contributed by atoms with Crippen molar-refractivity contribution >= 4 is 17.0 Å². The molecule has 1 aromatic carbocycles. The first-order valence-corrected chi connectivity index (χ1v) is 5.69. The highest BCUT2D eigenvalue weighted by Crippen LogP contribution is 2.25. The van der Waals surface area contributed by atoms with Crippen LogP contribution in [-0.2, 0) is 0 Å². The maximum Gasteiger partial charge on any atom is 0.0579 e. The number of hydrogen-bond acceptors (Lipinski definition) is 3. The second kappa shape index (κ2) is 5.23. The predicted octanol–water partition coefficient (Wildman–Crippen LogP) is 4.34. The first-order valence-electron chi connectivity index (χ1n) is 4.81. The molecule has 80 valence electrons. The van der Waals surface area contributed by atoms with Crippen molar-refractivity contribution in [1.82, 2.24) is 0 Å². The van der Waals surface area contributed by atoms with Gasteiger partial charge in [-0.25, -0.2) is 0 Å². The van der Waals surface area contributed by atoms with Crippen LogP contribution in [-0.4, -0.2) is 0 Å². The van der Waals surface area contributed by atoms with Gasteiger partial charge in [-0.15, -0.1) is 16.5 Å². The number of thiophene rings is 1. The topological polar surface area (TPSA) is 36.8 Å². The van der Waals surface area contributed by atoms with Crippen LogP contribution in [0.4, 0.5) is 5.69 Å². The Kier molecular flexibility index (Phi) is 3.46. The Bertz CT molecular complexity index is 471. The number of hydrogen-bond donors (Lipinski definition) is 1. The first kappa shape index (κ1) is 10.6. The van der Waals surface area contributed by atoms with Crippen LogP contribution in [0.2, 0.25) is 0 Å². The molecule has 0 spiro atoms. The first-order chi connectivity index (χ1) is 7.90. The van der Waals surface area contributed by atoms with Crippen LogP contribution >= 0.6 is 11.3 Å². The monoisotopic (exact) mass is 229 g/mol. The standard InChI is InChI=1S/C12H11N3S/c1-2-13-15-14-11-7-5-10(6-8-11)12-4-3-9-16-12/h2-9H,1H2,(H,13,14). The fourth-order valence-corrected chi connectivity index (χ4v) is 2.01. The van der Waals surface area contributed by atoms with E-state index in [1.165, 1.54) is 16.6 Å². The van der Waals surface area contributed by atoms with Gasteiger partial charge in [0.05, 0.1) is 5.69 Å². The number of nitrogens with zero attached hydrogens (tertiary/aromatic N) is 2. The van der Waals surface area contributed by atoms with Crippen molar-refractivity contribution in [2.75, 3.05) is 5.43 Å². The molecule has 0 atom stereocenters. The summed E-state index contributed by atoms with van der Waals surface area (Å²) in [5.41, 5.74) is 4.93. The number of nitrogens with one attached hydrogen (secondary N) is 1. The van der Waals surface area contributed by atoms with Crippen molar-refractivity contribution in [2.24, 2.45) is 10.3 Å². The average molecular weight is 229 g/mol. The Labute approximate surface area is 98.1 Å². The van der Waals surface area contributed by atoms with Crippen molar-refractivity contribution in [1.29, 1.82) is 0 Å². The van der Waals surface area contributed by atoms with Crippen LogP contribution in [0.1, 0.15) is 0 Å². The number of rotatable bonds is 4. The largest absolute Gasteiger partial charge is 0.260 e. The van der Waals surface area contributed by atoms with E-state index >= 15 is 0 Å². The molecular formula is C12H11N3S. The highest BCUT2D eigenvalue weighted by Gasteiger charge is 1.97. The number of anilines is 1. The van der Waals surface area contributed by atoms with Gasteiger partial charge in [0.25, 0.3) is 0 Å². The third-order valence-corrected chi connectivity index (χ3v) is 2.93. The smallest absolute Gasteiger partial charge is 0.0579 e. The predicted molar refractivity (Wildman–Crippen MR) is 68.4 cm³/mol. The van der Waals surface area contributed by atoms with Crippen molar-refractivity contribution in [2.45, 2.75) is 0 Å². The lowest BCUT2D eigenvalue weighted by atomic mass is 10.2. The van der Waals surface area contributed by atoms with Gasteiger partial charge in [0, 0.05) is 11.1 Å². The van der Waals surface area contributed by atoms with Gasteiger partial charge in [0.15, 0.2) is 0 Å². The van der Waals surface area contributed by atoms with Crippen LogP contribution in [0.3, 0.4) is 0 Å². The summed E-state index contributed by atoms with van der Waals surface area (Å²) < 4.78 is 0. The zero-order valence-corrected chi connectivity index (χ0v) is 9.45. The Morgan fingerprint density at radius 1 is 1.19 bits per heavy atom. The number of benzene rings is 1. The maximum atomic E-state index is 3.71.